The van der Waals surface area contributed by atoms with Crippen molar-refractivity contribution in [2.24, 2.45) is 0 Å². The molecule has 0 bridgehead atoms. The standard InChI is InChI=1S/C22H25N3O6S/c1-3-31-22(28)18-5-4-6-19(15-18)23-21(27)17-7-9-20(10-8-17)32(29,30)25-13-11-24(12-14-25)16(2)26/h4-10,15H,3,11-14H2,1-2H3,(H,23,27). The molecular weight excluding hydrogens is 434 g/mol. The van der Waals surface area contributed by atoms with Crippen LogP contribution in [0.2, 0.25) is 0 Å². The highest BCUT2D eigenvalue weighted by Gasteiger charge is 2.29. The van der Waals surface area contributed by atoms with Gasteiger partial charge in [-0.05, 0) is 49.4 Å². The first-order valence-corrected chi connectivity index (χ1v) is 11.6. The molecule has 0 saturated carbocycles. The van der Waals surface area contributed by atoms with Crippen LogP contribution in [0.15, 0.2) is 53.4 Å². The summed E-state index contributed by atoms with van der Waals surface area (Å²) in [5.41, 5.74) is 1.00. The first-order valence-electron chi connectivity index (χ1n) is 10.2. The normalized spacial score (nSPS) is 14.6. The Balaban J connectivity index is 1.68. The Morgan fingerprint density at radius 1 is 0.969 bits per heavy atom. The molecule has 1 aliphatic rings. The summed E-state index contributed by atoms with van der Waals surface area (Å²) in [5, 5.41) is 2.69. The molecule has 9 nitrogen and oxygen atoms in total. The third-order valence-electron chi connectivity index (χ3n) is 5.07. The highest BCUT2D eigenvalue weighted by atomic mass is 32.2. The van der Waals surface area contributed by atoms with Crippen molar-refractivity contribution >= 4 is 33.5 Å². The van der Waals surface area contributed by atoms with E-state index in [-0.39, 0.29) is 36.1 Å². The van der Waals surface area contributed by atoms with Crippen LogP contribution in [-0.2, 0) is 19.6 Å². The van der Waals surface area contributed by atoms with E-state index in [9.17, 15) is 22.8 Å². The van der Waals surface area contributed by atoms with Gasteiger partial charge in [0, 0.05) is 44.4 Å². The summed E-state index contributed by atoms with van der Waals surface area (Å²) in [6.45, 7) is 4.55. The third-order valence-corrected chi connectivity index (χ3v) is 6.98. The third kappa shape index (κ3) is 5.32. The zero-order valence-corrected chi connectivity index (χ0v) is 18.7. The van der Waals surface area contributed by atoms with Crippen molar-refractivity contribution in [2.45, 2.75) is 18.7 Å². The molecule has 2 aromatic rings. The fraction of sp³-hybridized carbons (Fsp3) is 0.318. The van der Waals surface area contributed by atoms with E-state index in [0.717, 1.165) is 0 Å². The van der Waals surface area contributed by atoms with Crippen LogP contribution in [-0.4, -0.2) is 68.2 Å². The quantitative estimate of drug-likeness (QED) is 0.661. The Hall–Kier alpha value is -3.24. The molecule has 1 aliphatic heterocycles. The maximum absolute atomic E-state index is 12.9. The first kappa shape index (κ1) is 23.4. The van der Waals surface area contributed by atoms with Gasteiger partial charge in [0.05, 0.1) is 17.1 Å². The van der Waals surface area contributed by atoms with Crippen LogP contribution in [0, 0.1) is 0 Å². The topological polar surface area (TPSA) is 113 Å². The van der Waals surface area contributed by atoms with E-state index < -0.39 is 21.9 Å². The molecule has 1 N–H and O–H groups in total. The van der Waals surface area contributed by atoms with Gasteiger partial charge in [-0.3, -0.25) is 9.59 Å². The molecule has 0 unspecified atom stereocenters. The first-order chi connectivity index (χ1) is 15.2. The van der Waals surface area contributed by atoms with E-state index in [1.54, 1.807) is 30.0 Å². The molecule has 1 heterocycles. The summed E-state index contributed by atoms with van der Waals surface area (Å²) in [6, 6.07) is 12.0. The zero-order valence-electron chi connectivity index (χ0n) is 17.9. The van der Waals surface area contributed by atoms with Crippen molar-refractivity contribution in [3.8, 4) is 0 Å². The van der Waals surface area contributed by atoms with Crippen molar-refractivity contribution < 1.29 is 27.5 Å². The predicted octanol–water partition coefficient (Wildman–Crippen LogP) is 1.97. The summed E-state index contributed by atoms with van der Waals surface area (Å²) < 4.78 is 32.0. The molecule has 1 fully saturated rings. The number of carbonyl (C=O) groups is 3. The second-order valence-electron chi connectivity index (χ2n) is 7.19. The summed E-state index contributed by atoms with van der Waals surface area (Å²) in [5.74, 6) is -1.00. The summed E-state index contributed by atoms with van der Waals surface area (Å²) in [4.78, 5) is 37.5. The summed E-state index contributed by atoms with van der Waals surface area (Å²) in [6.07, 6.45) is 0. The van der Waals surface area contributed by atoms with Gasteiger partial charge in [0.15, 0.2) is 0 Å². The molecule has 3 rings (SSSR count). The van der Waals surface area contributed by atoms with Gasteiger partial charge in [-0.2, -0.15) is 4.31 Å². The van der Waals surface area contributed by atoms with Gasteiger partial charge in [0.25, 0.3) is 5.91 Å². The maximum atomic E-state index is 12.9. The van der Waals surface area contributed by atoms with Crippen molar-refractivity contribution in [2.75, 3.05) is 38.1 Å². The van der Waals surface area contributed by atoms with Crippen LogP contribution in [0.1, 0.15) is 34.6 Å². The SMILES string of the molecule is CCOC(=O)c1cccc(NC(=O)c2ccc(S(=O)(=O)N3CCN(C(C)=O)CC3)cc2)c1. The fourth-order valence-corrected chi connectivity index (χ4v) is 4.73. The Labute approximate surface area is 187 Å². The highest BCUT2D eigenvalue weighted by molar-refractivity contribution is 7.89. The predicted molar refractivity (Wildman–Crippen MR) is 118 cm³/mol. The number of nitrogens with one attached hydrogen (secondary N) is 1. The largest absolute Gasteiger partial charge is 0.462 e. The van der Waals surface area contributed by atoms with E-state index in [1.165, 1.54) is 41.6 Å². The van der Waals surface area contributed by atoms with E-state index in [1.807, 2.05) is 0 Å². The highest BCUT2D eigenvalue weighted by Crippen LogP contribution is 2.19. The molecule has 2 aromatic carbocycles. The Bertz CT molecular complexity index is 1110. The van der Waals surface area contributed by atoms with Gasteiger partial charge in [-0.15, -0.1) is 0 Å². The lowest BCUT2D eigenvalue weighted by Gasteiger charge is -2.33. The summed E-state index contributed by atoms with van der Waals surface area (Å²) in [7, 11) is -3.72. The number of nitrogens with zero attached hydrogens (tertiary/aromatic N) is 2. The molecule has 1 saturated heterocycles. The van der Waals surface area contributed by atoms with E-state index >= 15 is 0 Å². The molecule has 32 heavy (non-hydrogen) atoms. The molecule has 0 atom stereocenters. The minimum absolute atomic E-state index is 0.0784. The lowest BCUT2D eigenvalue weighted by atomic mass is 10.1. The van der Waals surface area contributed by atoms with Crippen molar-refractivity contribution in [3.05, 3.63) is 59.7 Å². The van der Waals surface area contributed by atoms with E-state index in [0.29, 0.717) is 24.3 Å². The van der Waals surface area contributed by atoms with Gasteiger partial charge in [0.2, 0.25) is 15.9 Å². The van der Waals surface area contributed by atoms with Crippen molar-refractivity contribution in [1.29, 1.82) is 0 Å². The molecule has 2 amide bonds. The van der Waals surface area contributed by atoms with Gasteiger partial charge in [-0.25, -0.2) is 13.2 Å². The second kappa shape index (κ2) is 9.92. The number of benzene rings is 2. The monoisotopic (exact) mass is 459 g/mol. The number of anilines is 1. The molecule has 0 spiro atoms. The number of amides is 2. The van der Waals surface area contributed by atoms with Crippen LogP contribution in [0.3, 0.4) is 0 Å². The van der Waals surface area contributed by atoms with Crippen LogP contribution in [0.4, 0.5) is 5.69 Å². The summed E-state index contributed by atoms with van der Waals surface area (Å²) >= 11 is 0. The number of carbonyl (C=O) groups excluding carboxylic acids is 3. The van der Waals surface area contributed by atoms with Gasteiger partial charge in [0.1, 0.15) is 0 Å². The Morgan fingerprint density at radius 2 is 1.62 bits per heavy atom. The maximum Gasteiger partial charge on any atom is 0.338 e. The number of sulfonamides is 1. The molecule has 10 heteroatoms. The minimum Gasteiger partial charge on any atom is -0.462 e. The van der Waals surface area contributed by atoms with Gasteiger partial charge < -0.3 is 15.0 Å². The van der Waals surface area contributed by atoms with Crippen LogP contribution in [0.5, 0.6) is 0 Å². The van der Waals surface area contributed by atoms with Crippen LogP contribution >= 0.6 is 0 Å². The molecule has 0 aliphatic carbocycles. The number of ether oxygens (including phenoxy) is 1. The smallest absolute Gasteiger partial charge is 0.338 e. The number of piperazine rings is 1. The van der Waals surface area contributed by atoms with E-state index in [2.05, 4.69) is 5.32 Å². The van der Waals surface area contributed by atoms with E-state index in [4.69, 9.17) is 4.74 Å². The fourth-order valence-electron chi connectivity index (χ4n) is 3.31. The number of hydrogen-bond donors (Lipinski definition) is 1. The number of hydrogen-bond acceptors (Lipinski definition) is 6. The van der Waals surface area contributed by atoms with Crippen LogP contribution < -0.4 is 5.32 Å². The molecule has 170 valence electrons. The molecular formula is C22H25N3O6S. The van der Waals surface area contributed by atoms with Gasteiger partial charge >= 0.3 is 5.97 Å². The van der Waals surface area contributed by atoms with Crippen molar-refractivity contribution in [3.63, 3.8) is 0 Å². The Kier molecular flexibility index (Phi) is 7.26. The molecule has 0 aromatic heterocycles. The second-order valence-corrected chi connectivity index (χ2v) is 9.13. The number of rotatable bonds is 6. The lowest BCUT2D eigenvalue weighted by Crippen LogP contribution is -2.49. The van der Waals surface area contributed by atoms with Crippen molar-refractivity contribution in [1.82, 2.24) is 9.21 Å². The zero-order chi connectivity index (χ0) is 23.3. The Morgan fingerprint density at radius 3 is 2.22 bits per heavy atom. The molecule has 0 radical (unpaired) electrons. The lowest BCUT2D eigenvalue weighted by molar-refractivity contribution is -0.129. The average Bonchev–Trinajstić information content (AvgIpc) is 2.79. The van der Waals surface area contributed by atoms with Gasteiger partial charge in [-0.1, -0.05) is 6.07 Å². The number of esters is 1. The van der Waals surface area contributed by atoms with Crippen LogP contribution in [0.25, 0.3) is 0 Å². The average molecular weight is 460 g/mol. The minimum atomic E-state index is -3.72.